The van der Waals surface area contributed by atoms with Crippen molar-refractivity contribution in [3.05, 3.63) is 0 Å². The van der Waals surface area contributed by atoms with Crippen molar-refractivity contribution in [1.82, 2.24) is 4.90 Å². The molecule has 0 radical (unpaired) electrons. The molecule has 14 heavy (non-hydrogen) atoms. The maximum atomic E-state index is 11.2. The molecule has 1 atom stereocenters. The minimum Gasteiger partial charge on any atom is -0.395 e. The van der Waals surface area contributed by atoms with Gasteiger partial charge in [-0.3, -0.25) is 4.90 Å². The van der Waals surface area contributed by atoms with Gasteiger partial charge in [0.2, 0.25) is 0 Å². The van der Waals surface area contributed by atoms with Gasteiger partial charge in [-0.05, 0) is 6.42 Å². The van der Waals surface area contributed by atoms with Crippen LogP contribution in [0, 0.1) is 0 Å². The number of sulfone groups is 1. The molecule has 1 unspecified atom stereocenters. The van der Waals surface area contributed by atoms with E-state index in [4.69, 9.17) is 5.11 Å². The molecular weight excluding hydrogens is 202 g/mol. The summed E-state index contributed by atoms with van der Waals surface area (Å²) in [4.78, 5) is 2.09. The van der Waals surface area contributed by atoms with Crippen molar-refractivity contribution in [1.29, 1.82) is 0 Å². The van der Waals surface area contributed by atoms with Gasteiger partial charge < -0.3 is 5.11 Å². The number of aliphatic hydroxyl groups is 1. The van der Waals surface area contributed by atoms with Crippen molar-refractivity contribution in [3.63, 3.8) is 0 Å². The van der Waals surface area contributed by atoms with Crippen LogP contribution in [0.1, 0.15) is 19.8 Å². The second kappa shape index (κ2) is 5.09. The van der Waals surface area contributed by atoms with Crippen LogP contribution in [-0.4, -0.2) is 55.7 Å². The minimum absolute atomic E-state index is 0.133. The standard InChI is InChI=1S/C9H19NO3S/c1-2-3-9(8-11)10-4-6-14(12,13)7-5-10/h9,11H,2-8H2,1H3. The molecule has 1 heterocycles. The van der Waals surface area contributed by atoms with Crippen LogP contribution in [0.5, 0.6) is 0 Å². The highest BCUT2D eigenvalue weighted by Gasteiger charge is 2.25. The van der Waals surface area contributed by atoms with Gasteiger partial charge in [-0.15, -0.1) is 0 Å². The predicted molar refractivity (Wildman–Crippen MR) is 56.0 cm³/mol. The molecule has 1 rings (SSSR count). The van der Waals surface area contributed by atoms with Crippen LogP contribution in [0.3, 0.4) is 0 Å². The van der Waals surface area contributed by atoms with E-state index in [2.05, 4.69) is 11.8 Å². The predicted octanol–water partition coefficient (Wildman–Crippen LogP) is -0.122. The van der Waals surface area contributed by atoms with E-state index in [0.717, 1.165) is 12.8 Å². The monoisotopic (exact) mass is 221 g/mol. The fraction of sp³-hybridized carbons (Fsp3) is 1.00. The van der Waals surface area contributed by atoms with E-state index < -0.39 is 9.84 Å². The fourth-order valence-corrected chi connectivity index (χ4v) is 3.04. The van der Waals surface area contributed by atoms with Crippen LogP contribution in [0.15, 0.2) is 0 Å². The van der Waals surface area contributed by atoms with E-state index in [9.17, 15) is 8.42 Å². The summed E-state index contributed by atoms with van der Waals surface area (Å²) in [6, 6.07) is 0.149. The molecule has 1 aliphatic heterocycles. The highest BCUT2D eigenvalue weighted by molar-refractivity contribution is 7.91. The summed E-state index contributed by atoms with van der Waals surface area (Å²) in [7, 11) is -2.80. The maximum Gasteiger partial charge on any atom is 0.152 e. The third kappa shape index (κ3) is 3.22. The van der Waals surface area contributed by atoms with Gasteiger partial charge in [0.1, 0.15) is 0 Å². The van der Waals surface area contributed by atoms with Gasteiger partial charge in [0.15, 0.2) is 9.84 Å². The molecule has 4 nitrogen and oxygen atoms in total. The first kappa shape index (κ1) is 11.9. The summed E-state index contributed by atoms with van der Waals surface area (Å²) in [6.45, 7) is 3.36. The number of aliphatic hydroxyl groups excluding tert-OH is 1. The van der Waals surface area contributed by atoms with Crippen molar-refractivity contribution in [2.45, 2.75) is 25.8 Å². The van der Waals surface area contributed by atoms with Crippen molar-refractivity contribution < 1.29 is 13.5 Å². The lowest BCUT2D eigenvalue weighted by atomic mass is 10.1. The molecule has 0 aromatic heterocycles. The van der Waals surface area contributed by atoms with Gasteiger partial charge in [-0.1, -0.05) is 13.3 Å². The molecule has 0 saturated carbocycles. The molecule has 0 aromatic rings. The number of hydrogen-bond acceptors (Lipinski definition) is 4. The largest absolute Gasteiger partial charge is 0.395 e. The molecule has 1 N–H and O–H groups in total. The number of hydrogen-bond donors (Lipinski definition) is 1. The first-order valence-corrected chi connectivity index (χ1v) is 6.96. The topological polar surface area (TPSA) is 57.6 Å². The van der Waals surface area contributed by atoms with Crippen LogP contribution >= 0.6 is 0 Å². The highest BCUT2D eigenvalue weighted by Crippen LogP contribution is 2.11. The third-order valence-corrected chi connectivity index (χ3v) is 4.34. The van der Waals surface area contributed by atoms with Crippen molar-refractivity contribution in [3.8, 4) is 0 Å². The van der Waals surface area contributed by atoms with Crippen molar-refractivity contribution in [2.75, 3.05) is 31.2 Å². The van der Waals surface area contributed by atoms with Crippen LogP contribution in [0.25, 0.3) is 0 Å². The summed E-state index contributed by atoms with van der Waals surface area (Å²) in [5.74, 6) is 0.487. The zero-order chi connectivity index (χ0) is 10.6. The van der Waals surface area contributed by atoms with Gasteiger partial charge in [-0.25, -0.2) is 8.42 Å². The van der Waals surface area contributed by atoms with Crippen molar-refractivity contribution in [2.24, 2.45) is 0 Å². The lowest BCUT2D eigenvalue weighted by Crippen LogP contribution is -2.47. The van der Waals surface area contributed by atoms with E-state index in [-0.39, 0.29) is 24.2 Å². The Labute approximate surface area is 85.8 Å². The lowest BCUT2D eigenvalue weighted by Gasteiger charge is -2.33. The SMILES string of the molecule is CCCC(CO)N1CCS(=O)(=O)CC1. The molecule has 1 aliphatic rings. The molecule has 0 aliphatic carbocycles. The summed E-state index contributed by atoms with van der Waals surface area (Å²) >= 11 is 0. The smallest absolute Gasteiger partial charge is 0.152 e. The Morgan fingerprint density at radius 3 is 2.36 bits per heavy atom. The van der Waals surface area contributed by atoms with Crippen LogP contribution in [-0.2, 0) is 9.84 Å². The molecular formula is C9H19NO3S. The normalized spacial score (nSPS) is 24.7. The van der Waals surface area contributed by atoms with Crippen molar-refractivity contribution >= 4 is 9.84 Å². The lowest BCUT2D eigenvalue weighted by molar-refractivity contribution is 0.123. The van der Waals surface area contributed by atoms with E-state index >= 15 is 0 Å². The Bertz CT molecular complexity index is 249. The van der Waals surface area contributed by atoms with Crippen LogP contribution in [0.4, 0.5) is 0 Å². The Morgan fingerprint density at radius 1 is 1.36 bits per heavy atom. The first-order chi connectivity index (χ1) is 6.59. The average molecular weight is 221 g/mol. The van der Waals surface area contributed by atoms with Gasteiger partial charge in [0.05, 0.1) is 18.1 Å². The van der Waals surface area contributed by atoms with E-state index in [1.54, 1.807) is 0 Å². The summed E-state index contributed by atoms with van der Waals surface area (Å²) in [5.41, 5.74) is 0. The minimum atomic E-state index is -2.80. The van der Waals surface area contributed by atoms with E-state index in [1.165, 1.54) is 0 Å². The Kier molecular flexibility index (Phi) is 4.34. The second-order valence-electron chi connectivity index (χ2n) is 3.81. The maximum absolute atomic E-state index is 11.2. The molecule has 0 amide bonds. The third-order valence-electron chi connectivity index (χ3n) is 2.73. The van der Waals surface area contributed by atoms with E-state index in [1.807, 2.05) is 0 Å². The van der Waals surface area contributed by atoms with Gasteiger partial charge in [0.25, 0.3) is 0 Å². The molecule has 1 fully saturated rings. The van der Waals surface area contributed by atoms with Gasteiger partial charge >= 0.3 is 0 Å². The molecule has 5 heteroatoms. The van der Waals surface area contributed by atoms with Gasteiger partial charge in [-0.2, -0.15) is 0 Å². The molecule has 84 valence electrons. The summed E-state index contributed by atoms with van der Waals surface area (Å²) < 4.78 is 22.4. The highest BCUT2D eigenvalue weighted by atomic mass is 32.2. The quantitative estimate of drug-likeness (QED) is 0.719. The molecule has 1 saturated heterocycles. The fourth-order valence-electron chi connectivity index (χ4n) is 1.81. The van der Waals surface area contributed by atoms with Crippen LogP contribution in [0.2, 0.25) is 0 Å². The van der Waals surface area contributed by atoms with Gasteiger partial charge in [0, 0.05) is 19.1 Å². The molecule has 0 aromatic carbocycles. The number of rotatable bonds is 4. The second-order valence-corrected chi connectivity index (χ2v) is 6.12. The zero-order valence-electron chi connectivity index (χ0n) is 8.65. The first-order valence-electron chi connectivity index (χ1n) is 5.14. The van der Waals surface area contributed by atoms with Crippen LogP contribution < -0.4 is 0 Å². The Hall–Kier alpha value is -0.130. The zero-order valence-corrected chi connectivity index (χ0v) is 9.46. The summed E-state index contributed by atoms with van der Waals surface area (Å²) in [5, 5.41) is 9.15. The average Bonchev–Trinajstić information content (AvgIpc) is 2.15. The number of nitrogens with zero attached hydrogens (tertiary/aromatic N) is 1. The summed E-state index contributed by atoms with van der Waals surface area (Å²) in [6.07, 6.45) is 1.96. The molecule has 0 bridgehead atoms. The molecule has 0 spiro atoms. The van der Waals surface area contributed by atoms with E-state index in [0.29, 0.717) is 13.1 Å². The Balaban J connectivity index is 2.47. The Morgan fingerprint density at radius 2 is 1.93 bits per heavy atom.